The molecule has 1 aliphatic carbocycles. The van der Waals surface area contributed by atoms with E-state index in [2.05, 4.69) is 10.0 Å². The van der Waals surface area contributed by atoms with Crippen LogP contribution in [0.5, 0.6) is 0 Å². The predicted molar refractivity (Wildman–Crippen MR) is 94.3 cm³/mol. The van der Waals surface area contributed by atoms with Crippen LogP contribution in [0.1, 0.15) is 32.1 Å². The lowest BCUT2D eigenvalue weighted by atomic mass is 9.84. The molecular formula is C14H24ClN3O3S2. The first-order chi connectivity index (χ1) is 10.5. The van der Waals surface area contributed by atoms with E-state index in [9.17, 15) is 13.2 Å². The van der Waals surface area contributed by atoms with Crippen molar-refractivity contribution in [2.24, 2.45) is 11.7 Å². The van der Waals surface area contributed by atoms with Crippen LogP contribution in [0.15, 0.2) is 21.7 Å². The van der Waals surface area contributed by atoms with E-state index in [-0.39, 0.29) is 35.1 Å². The van der Waals surface area contributed by atoms with Crippen LogP contribution in [0.25, 0.3) is 0 Å². The van der Waals surface area contributed by atoms with Crippen molar-refractivity contribution >= 4 is 39.7 Å². The van der Waals surface area contributed by atoms with Gasteiger partial charge in [0.1, 0.15) is 4.21 Å². The zero-order valence-corrected chi connectivity index (χ0v) is 15.3. The zero-order valence-electron chi connectivity index (χ0n) is 12.9. The van der Waals surface area contributed by atoms with Gasteiger partial charge in [0, 0.05) is 12.6 Å². The summed E-state index contributed by atoms with van der Waals surface area (Å²) in [5, 5.41) is 4.55. The Morgan fingerprint density at radius 2 is 2.04 bits per heavy atom. The summed E-state index contributed by atoms with van der Waals surface area (Å²) in [5.74, 6) is 0.0674. The van der Waals surface area contributed by atoms with E-state index >= 15 is 0 Å². The first-order valence-corrected chi connectivity index (χ1v) is 9.92. The number of amides is 1. The van der Waals surface area contributed by atoms with Crippen LogP contribution in [0.2, 0.25) is 0 Å². The third kappa shape index (κ3) is 6.04. The van der Waals surface area contributed by atoms with Crippen molar-refractivity contribution in [3.05, 3.63) is 17.5 Å². The predicted octanol–water partition coefficient (Wildman–Crippen LogP) is 1.47. The van der Waals surface area contributed by atoms with Crippen LogP contribution in [-0.2, 0) is 14.8 Å². The van der Waals surface area contributed by atoms with E-state index in [4.69, 9.17) is 5.73 Å². The lowest BCUT2D eigenvalue weighted by Gasteiger charge is -2.30. The summed E-state index contributed by atoms with van der Waals surface area (Å²) in [7, 11) is -3.60. The molecule has 132 valence electrons. The smallest absolute Gasteiger partial charge is 0.250 e. The van der Waals surface area contributed by atoms with Gasteiger partial charge in [-0.05, 0) is 30.2 Å². The zero-order chi connectivity index (χ0) is 16.0. The molecule has 1 amide bonds. The molecule has 0 aromatic carbocycles. The molecule has 0 radical (unpaired) electrons. The van der Waals surface area contributed by atoms with Crippen LogP contribution >= 0.6 is 23.7 Å². The number of hydrogen-bond acceptors (Lipinski definition) is 5. The fourth-order valence-corrected chi connectivity index (χ4v) is 4.83. The third-order valence-corrected chi connectivity index (χ3v) is 6.80. The standard InChI is InChI=1S/C14H23N3O3S2.ClH/c15-9-12(11-5-2-1-3-6-11)17-13(18)10-16-22(19,20)14-7-4-8-21-14;/h4,7-8,11-12,16H,1-3,5-6,9-10,15H2,(H,17,18);1H. The SMILES string of the molecule is Cl.NCC(NC(=O)CNS(=O)(=O)c1cccs1)C1CCCCC1. The quantitative estimate of drug-likeness (QED) is 0.665. The van der Waals surface area contributed by atoms with Gasteiger partial charge in [0.05, 0.1) is 6.54 Å². The van der Waals surface area contributed by atoms with Crippen molar-refractivity contribution in [3.8, 4) is 0 Å². The van der Waals surface area contributed by atoms with Gasteiger partial charge in [0.25, 0.3) is 10.0 Å². The fourth-order valence-electron chi connectivity index (χ4n) is 2.81. The number of halogens is 1. The molecule has 0 aliphatic heterocycles. The number of sulfonamides is 1. The monoisotopic (exact) mass is 381 g/mol. The van der Waals surface area contributed by atoms with E-state index in [1.165, 1.54) is 25.3 Å². The molecular weight excluding hydrogens is 358 g/mol. The van der Waals surface area contributed by atoms with Crippen LogP contribution < -0.4 is 15.8 Å². The van der Waals surface area contributed by atoms with Crippen molar-refractivity contribution in [1.82, 2.24) is 10.0 Å². The van der Waals surface area contributed by atoms with E-state index in [0.29, 0.717) is 12.5 Å². The fraction of sp³-hybridized carbons (Fsp3) is 0.643. The van der Waals surface area contributed by atoms with Gasteiger partial charge in [-0.3, -0.25) is 4.79 Å². The van der Waals surface area contributed by atoms with Crippen LogP contribution in [0.3, 0.4) is 0 Å². The van der Waals surface area contributed by atoms with Crippen LogP contribution in [0.4, 0.5) is 0 Å². The minimum atomic E-state index is -3.60. The highest BCUT2D eigenvalue weighted by molar-refractivity contribution is 7.91. The molecule has 1 aliphatic rings. The molecule has 0 saturated heterocycles. The lowest BCUT2D eigenvalue weighted by Crippen LogP contribution is -2.49. The Hall–Kier alpha value is -0.670. The Balaban J connectivity index is 0.00000264. The maximum Gasteiger partial charge on any atom is 0.250 e. The normalized spacial score (nSPS) is 17.3. The van der Waals surface area contributed by atoms with Crippen LogP contribution in [-0.4, -0.2) is 33.5 Å². The Bertz CT molecular complexity index is 572. The van der Waals surface area contributed by atoms with Gasteiger partial charge in [-0.2, -0.15) is 0 Å². The molecule has 6 nitrogen and oxygen atoms in total. The Morgan fingerprint density at radius 3 is 2.61 bits per heavy atom. The topological polar surface area (TPSA) is 101 Å². The van der Waals surface area contributed by atoms with Gasteiger partial charge in [-0.15, -0.1) is 23.7 Å². The number of nitrogens with one attached hydrogen (secondary N) is 2. The number of thiophene rings is 1. The molecule has 23 heavy (non-hydrogen) atoms. The molecule has 1 unspecified atom stereocenters. The van der Waals surface area contributed by atoms with Gasteiger partial charge in [-0.1, -0.05) is 25.3 Å². The number of carbonyl (C=O) groups excluding carboxylic acids is 1. The molecule has 0 bridgehead atoms. The highest BCUT2D eigenvalue weighted by atomic mass is 35.5. The van der Waals surface area contributed by atoms with Gasteiger partial charge < -0.3 is 11.1 Å². The molecule has 2 rings (SSSR count). The Morgan fingerprint density at radius 1 is 1.35 bits per heavy atom. The summed E-state index contributed by atoms with van der Waals surface area (Å²) in [5.41, 5.74) is 5.76. The molecule has 1 saturated carbocycles. The highest BCUT2D eigenvalue weighted by Crippen LogP contribution is 2.26. The minimum Gasteiger partial charge on any atom is -0.351 e. The molecule has 0 spiro atoms. The summed E-state index contributed by atoms with van der Waals surface area (Å²) in [6.07, 6.45) is 5.72. The average molecular weight is 382 g/mol. The molecule has 1 heterocycles. The maximum absolute atomic E-state index is 12.0. The van der Waals surface area contributed by atoms with E-state index < -0.39 is 10.0 Å². The van der Waals surface area contributed by atoms with Crippen molar-refractivity contribution in [3.63, 3.8) is 0 Å². The van der Waals surface area contributed by atoms with Crippen molar-refractivity contribution < 1.29 is 13.2 Å². The van der Waals surface area contributed by atoms with Gasteiger partial charge in [0.15, 0.2) is 0 Å². The number of hydrogen-bond donors (Lipinski definition) is 3. The minimum absolute atomic E-state index is 0. The highest BCUT2D eigenvalue weighted by Gasteiger charge is 2.24. The number of nitrogens with two attached hydrogens (primary N) is 1. The summed E-state index contributed by atoms with van der Waals surface area (Å²) < 4.78 is 26.4. The van der Waals surface area contributed by atoms with Crippen LogP contribution in [0, 0.1) is 5.92 Å². The van der Waals surface area contributed by atoms with Crippen molar-refractivity contribution in [1.29, 1.82) is 0 Å². The first kappa shape index (κ1) is 20.4. The number of rotatable bonds is 7. The van der Waals surface area contributed by atoms with Crippen molar-refractivity contribution in [2.75, 3.05) is 13.1 Å². The number of carbonyl (C=O) groups is 1. The van der Waals surface area contributed by atoms with E-state index in [1.807, 2.05) is 0 Å². The van der Waals surface area contributed by atoms with E-state index in [0.717, 1.165) is 24.2 Å². The largest absolute Gasteiger partial charge is 0.351 e. The molecule has 1 aromatic rings. The molecule has 4 N–H and O–H groups in total. The maximum atomic E-state index is 12.0. The summed E-state index contributed by atoms with van der Waals surface area (Å²) in [6, 6.07) is 3.10. The second-order valence-corrected chi connectivity index (χ2v) is 8.51. The summed E-state index contributed by atoms with van der Waals surface area (Å²) in [6.45, 7) is 0.123. The second-order valence-electron chi connectivity index (χ2n) is 5.56. The molecule has 1 atom stereocenters. The van der Waals surface area contributed by atoms with Gasteiger partial charge in [0.2, 0.25) is 5.91 Å². The van der Waals surface area contributed by atoms with Crippen molar-refractivity contribution in [2.45, 2.75) is 42.4 Å². The molecule has 1 aromatic heterocycles. The summed E-state index contributed by atoms with van der Waals surface area (Å²) in [4.78, 5) is 12.0. The average Bonchev–Trinajstić information content (AvgIpc) is 3.07. The Kier molecular flexibility index (Phi) is 8.49. The first-order valence-electron chi connectivity index (χ1n) is 7.55. The van der Waals surface area contributed by atoms with Gasteiger partial charge >= 0.3 is 0 Å². The Labute approximate surface area is 147 Å². The van der Waals surface area contributed by atoms with E-state index in [1.54, 1.807) is 11.4 Å². The molecule has 9 heteroatoms. The lowest BCUT2D eigenvalue weighted by molar-refractivity contribution is -0.121. The second kappa shape index (κ2) is 9.58. The molecule has 1 fully saturated rings. The third-order valence-electron chi connectivity index (χ3n) is 4.00. The van der Waals surface area contributed by atoms with Gasteiger partial charge in [-0.25, -0.2) is 13.1 Å². The summed E-state index contributed by atoms with van der Waals surface area (Å²) >= 11 is 1.12.